The van der Waals surface area contributed by atoms with Gasteiger partial charge >= 0.3 is 0 Å². The first-order valence-electron chi connectivity index (χ1n) is 5.34. The first-order valence-corrected chi connectivity index (χ1v) is 6.92. The Balaban J connectivity index is 2.15. The number of carbonyl (C=O) groups excluding carboxylic acids is 1. The Morgan fingerprint density at radius 3 is 2.39 bits per heavy atom. The molecule has 0 amide bonds. The van der Waals surface area contributed by atoms with E-state index in [4.69, 9.17) is 23.2 Å². The van der Waals surface area contributed by atoms with Gasteiger partial charge in [-0.25, -0.2) is 0 Å². The fourth-order valence-electron chi connectivity index (χ4n) is 1.47. The van der Waals surface area contributed by atoms with Crippen LogP contribution in [0.1, 0.15) is 5.56 Å². The molecule has 0 fully saturated rings. The van der Waals surface area contributed by atoms with E-state index in [-0.39, 0.29) is 0 Å². The molecule has 1 nitrogen and oxygen atoms in total. The van der Waals surface area contributed by atoms with Crippen LogP contribution in [0.15, 0.2) is 52.3 Å². The van der Waals surface area contributed by atoms with Crippen molar-refractivity contribution >= 4 is 41.2 Å². The van der Waals surface area contributed by atoms with Crippen LogP contribution in [0, 0.1) is 0 Å². The Morgan fingerprint density at radius 1 is 1.06 bits per heavy atom. The van der Waals surface area contributed by atoms with Gasteiger partial charge in [0.05, 0.1) is 5.02 Å². The third-order valence-corrected chi connectivity index (χ3v) is 4.11. The Labute approximate surface area is 120 Å². The Bertz CT molecular complexity index is 552. The molecular weight excluding hydrogens is 287 g/mol. The average molecular weight is 297 g/mol. The summed E-state index contributed by atoms with van der Waals surface area (Å²) in [5.41, 5.74) is 1.01. The lowest BCUT2D eigenvalue weighted by molar-refractivity contribution is -0.107. The molecule has 0 bridgehead atoms. The largest absolute Gasteiger partial charge is 0.303 e. The van der Waals surface area contributed by atoms with Gasteiger partial charge in [-0.3, -0.25) is 0 Å². The van der Waals surface area contributed by atoms with E-state index in [9.17, 15) is 4.79 Å². The van der Waals surface area contributed by atoms with Crippen molar-refractivity contribution in [2.75, 3.05) is 0 Å². The smallest absolute Gasteiger partial charge is 0.124 e. The van der Waals surface area contributed by atoms with Gasteiger partial charge in [0.1, 0.15) is 6.29 Å². The van der Waals surface area contributed by atoms with Crippen molar-refractivity contribution < 1.29 is 4.79 Å². The van der Waals surface area contributed by atoms with E-state index in [0.29, 0.717) is 16.5 Å². The van der Waals surface area contributed by atoms with Gasteiger partial charge in [-0.2, -0.15) is 0 Å². The Kier molecular flexibility index (Phi) is 4.70. The fraction of sp³-hybridized carbons (Fsp3) is 0.0714. The number of halogens is 2. The fourth-order valence-corrected chi connectivity index (χ4v) is 2.82. The van der Waals surface area contributed by atoms with Gasteiger partial charge in [0.2, 0.25) is 0 Å². The van der Waals surface area contributed by atoms with Crippen molar-refractivity contribution in [3.05, 3.63) is 58.1 Å². The van der Waals surface area contributed by atoms with E-state index in [2.05, 4.69) is 0 Å². The zero-order valence-corrected chi connectivity index (χ0v) is 11.7. The molecule has 2 aromatic carbocycles. The molecule has 0 atom stereocenters. The van der Waals surface area contributed by atoms with E-state index >= 15 is 0 Å². The monoisotopic (exact) mass is 296 g/mol. The summed E-state index contributed by atoms with van der Waals surface area (Å²) in [6, 6.07) is 13.3. The van der Waals surface area contributed by atoms with Crippen molar-refractivity contribution in [2.24, 2.45) is 0 Å². The molecule has 92 valence electrons. The quantitative estimate of drug-likeness (QED) is 0.748. The van der Waals surface area contributed by atoms with Crippen LogP contribution < -0.4 is 0 Å². The van der Waals surface area contributed by atoms with Crippen LogP contribution >= 0.6 is 35.0 Å². The maximum atomic E-state index is 10.4. The predicted octanol–water partition coefficient (Wildman–Crippen LogP) is 4.89. The number of carbonyl (C=O) groups is 1. The van der Waals surface area contributed by atoms with Gasteiger partial charge in [0.25, 0.3) is 0 Å². The zero-order valence-electron chi connectivity index (χ0n) is 9.40. The van der Waals surface area contributed by atoms with Crippen LogP contribution in [-0.2, 0) is 11.2 Å². The van der Waals surface area contributed by atoms with E-state index in [1.54, 1.807) is 17.8 Å². The van der Waals surface area contributed by atoms with Crippen molar-refractivity contribution in [1.29, 1.82) is 0 Å². The van der Waals surface area contributed by atoms with Crippen LogP contribution in [0.3, 0.4) is 0 Å². The van der Waals surface area contributed by atoms with Gasteiger partial charge in [-0.05, 0) is 35.9 Å². The third-order valence-electron chi connectivity index (χ3n) is 2.36. The summed E-state index contributed by atoms with van der Waals surface area (Å²) >= 11 is 13.5. The molecule has 0 saturated heterocycles. The zero-order chi connectivity index (χ0) is 13.0. The highest BCUT2D eigenvalue weighted by atomic mass is 35.5. The van der Waals surface area contributed by atoms with Crippen LogP contribution in [0.2, 0.25) is 10.0 Å². The molecule has 0 heterocycles. The highest BCUT2D eigenvalue weighted by molar-refractivity contribution is 7.99. The SMILES string of the molecule is O=CCc1ccc(Sc2ccc(Cl)cc2Cl)cc1. The second-order valence-corrected chi connectivity index (χ2v) is 5.65. The minimum atomic E-state index is 0.451. The molecule has 0 N–H and O–H groups in total. The molecule has 2 aromatic rings. The van der Waals surface area contributed by atoms with Gasteiger partial charge in [0, 0.05) is 21.2 Å². The molecule has 2 rings (SSSR count). The van der Waals surface area contributed by atoms with Gasteiger partial charge in [-0.15, -0.1) is 0 Å². The number of hydrogen-bond donors (Lipinski definition) is 0. The molecule has 0 aliphatic heterocycles. The molecule has 0 aromatic heterocycles. The topological polar surface area (TPSA) is 17.1 Å². The number of aldehydes is 1. The van der Waals surface area contributed by atoms with Crippen LogP contribution in [0.5, 0.6) is 0 Å². The van der Waals surface area contributed by atoms with Crippen LogP contribution in [-0.4, -0.2) is 6.29 Å². The van der Waals surface area contributed by atoms with Crippen molar-refractivity contribution in [3.8, 4) is 0 Å². The Morgan fingerprint density at radius 2 is 1.78 bits per heavy atom. The second-order valence-electron chi connectivity index (χ2n) is 3.69. The highest BCUT2D eigenvalue weighted by Crippen LogP contribution is 2.34. The summed E-state index contributed by atoms with van der Waals surface area (Å²) in [6.45, 7) is 0. The molecule has 18 heavy (non-hydrogen) atoms. The number of hydrogen-bond acceptors (Lipinski definition) is 2. The molecule has 0 saturated carbocycles. The normalized spacial score (nSPS) is 10.3. The van der Waals surface area contributed by atoms with Crippen molar-refractivity contribution in [2.45, 2.75) is 16.2 Å². The van der Waals surface area contributed by atoms with Crippen LogP contribution in [0.4, 0.5) is 0 Å². The maximum Gasteiger partial charge on any atom is 0.124 e. The first-order chi connectivity index (χ1) is 8.69. The summed E-state index contributed by atoms with van der Waals surface area (Å²) in [5.74, 6) is 0. The summed E-state index contributed by atoms with van der Waals surface area (Å²) < 4.78 is 0. The molecular formula is C14H10Cl2OS. The lowest BCUT2D eigenvalue weighted by atomic mass is 10.2. The lowest BCUT2D eigenvalue weighted by Gasteiger charge is -2.05. The molecule has 0 spiro atoms. The maximum absolute atomic E-state index is 10.4. The number of benzene rings is 2. The predicted molar refractivity (Wildman–Crippen MR) is 76.8 cm³/mol. The Hall–Kier alpha value is -0.960. The summed E-state index contributed by atoms with van der Waals surface area (Å²) in [6.07, 6.45) is 1.35. The highest BCUT2D eigenvalue weighted by Gasteiger charge is 2.03. The number of rotatable bonds is 4. The van der Waals surface area contributed by atoms with Gasteiger partial charge < -0.3 is 4.79 Å². The molecule has 4 heteroatoms. The minimum absolute atomic E-state index is 0.451. The second kappa shape index (κ2) is 6.28. The van der Waals surface area contributed by atoms with Gasteiger partial charge in [0.15, 0.2) is 0 Å². The van der Waals surface area contributed by atoms with E-state index in [0.717, 1.165) is 21.6 Å². The van der Waals surface area contributed by atoms with Crippen molar-refractivity contribution in [3.63, 3.8) is 0 Å². The molecule has 0 aliphatic rings. The average Bonchev–Trinajstić information content (AvgIpc) is 2.35. The van der Waals surface area contributed by atoms with E-state index < -0.39 is 0 Å². The van der Waals surface area contributed by atoms with E-state index in [1.165, 1.54) is 0 Å². The summed E-state index contributed by atoms with van der Waals surface area (Å²) in [7, 11) is 0. The summed E-state index contributed by atoms with van der Waals surface area (Å²) in [5, 5.41) is 1.27. The van der Waals surface area contributed by atoms with Gasteiger partial charge in [-0.1, -0.05) is 47.1 Å². The van der Waals surface area contributed by atoms with Crippen molar-refractivity contribution in [1.82, 2.24) is 0 Å². The molecule has 0 unspecified atom stereocenters. The van der Waals surface area contributed by atoms with E-state index in [1.807, 2.05) is 36.4 Å². The van der Waals surface area contributed by atoms with Crippen LogP contribution in [0.25, 0.3) is 0 Å². The third kappa shape index (κ3) is 3.52. The first kappa shape index (κ1) is 13.5. The molecule has 0 aliphatic carbocycles. The molecule has 0 radical (unpaired) electrons. The summed E-state index contributed by atoms with van der Waals surface area (Å²) in [4.78, 5) is 12.4. The lowest BCUT2D eigenvalue weighted by Crippen LogP contribution is -1.84. The standard InChI is InChI=1S/C14H10Cl2OS/c15-11-3-6-14(13(16)9-11)18-12-4-1-10(2-5-12)7-8-17/h1-6,8-9H,7H2. The minimum Gasteiger partial charge on any atom is -0.303 e.